The van der Waals surface area contributed by atoms with Gasteiger partial charge in [-0.05, 0) is 48.7 Å². The van der Waals surface area contributed by atoms with Crippen LogP contribution >= 0.6 is 27.5 Å². The molecule has 2 heterocycles. The van der Waals surface area contributed by atoms with Crippen molar-refractivity contribution in [1.29, 1.82) is 0 Å². The summed E-state index contributed by atoms with van der Waals surface area (Å²) in [5.41, 5.74) is -0.650. The zero-order valence-corrected chi connectivity index (χ0v) is 21.8. The number of benzene rings is 1. The van der Waals surface area contributed by atoms with Crippen molar-refractivity contribution in [3.8, 4) is 11.6 Å². The molecule has 1 aliphatic heterocycles. The second kappa shape index (κ2) is 10.1. The van der Waals surface area contributed by atoms with Gasteiger partial charge in [-0.15, -0.1) is 0 Å². The first-order chi connectivity index (χ1) is 15.4. The molecule has 2 aromatic rings. The lowest BCUT2D eigenvalue weighted by Gasteiger charge is -2.34. The van der Waals surface area contributed by atoms with E-state index in [2.05, 4.69) is 26.2 Å². The standard InChI is InChI=1S/C22H30BrClN4O5/c1-12(2)9-28-15-8-14(23)17(24)18(16(15)19(29)26-20(28)30)32-11-13-10-27(7-6-25-13)21(31)33-22(3,4)5/h8,12-13,25H,6-7,9-11H2,1-5H3,(H,26,29,30)/t13-/m0/s1. The fraction of sp³-hybridized carbons (Fsp3) is 0.591. The first-order valence-electron chi connectivity index (χ1n) is 10.8. The third-order valence-corrected chi connectivity index (χ3v) is 6.22. The molecule has 0 radical (unpaired) electrons. The molecule has 1 aromatic heterocycles. The van der Waals surface area contributed by atoms with Crippen molar-refractivity contribution in [2.45, 2.75) is 52.8 Å². The van der Waals surface area contributed by atoms with Gasteiger partial charge in [-0.25, -0.2) is 9.59 Å². The molecule has 1 aromatic carbocycles. The Morgan fingerprint density at radius 2 is 2.12 bits per heavy atom. The number of hydrogen-bond donors (Lipinski definition) is 2. The zero-order chi connectivity index (χ0) is 24.5. The summed E-state index contributed by atoms with van der Waals surface area (Å²) >= 11 is 9.93. The van der Waals surface area contributed by atoms with E-state index in [1.54, 1.807) is 11.0 Å². The van der Waals surface area contributed by atoms with Crippen LogP contribution in [-0.2, 0) is 11.3 Å². The molecule has 0 spiro atoms. The Balaban J connectivity index is 1.88. The average molecular weight is 546 g/mol. The summed E-state index contributed by atoms with van der Waals surface area (Å²) in [6.45, 7) is 11.5. The normalized spacial score (nSPS) is 17.0. The van der Waals surface area contributed by atoms with E-state index in [1.165, 1.54) is 4.57 Å². The van der Waals surface area contributed by atoms with Crippen molar-refractivity contribution in [3.63, 3.8) is 0 Å². The SMILES string of the molecule is CC(C)Cn1c(=O)nc(O)c2c(OC[C@@H]3CN(C(=O)OC(C)(C)C)CCN3)c(Cl)c(Br)cc21. The van der Waals surface area contributed by atoms with Crippen molar-refractivity contribution >= 4 is 44.5 Å². The van der Waals surface area contributed by atoms with Crippen molar-refractivity contribution < 1.29 is 19.4 Å². The van der Waals surface area contributed by atoms with Gasteiger partial charge in [-0.3, -0.25) is 4.57 Å². The van der Waals surface area contributed by atoms with E-state index < -0.39 is 17.2 Å². The number of carbonyl (C=O) groups excluding carboxylic acids is 1. The van der Waals surface area contributed by atoms with Gasteiger partial charge in [0.25, 0.3) is 0 Å². The third kappa shape index (κ3) is 6.10. The highest BCUT2D eigenvalue weighted by molar-refractivity contribution is 9.10. The summed E-state index contributed by atoms with van der Waals surface area (Å²) in [6, 6.07) is 1.49. The minimum atomic E-state index is -0.576. The van der Waals surface area contributed by atoms with Crippen LogP contribution in [0.25, 0.3) is 10.9 Å². The van der Waals surface area contributed by atoms with Crippen LogP contribution in [0.3, 0.4) is 0 Å². The number of carbonyl (C=O) groups is 1. The molecule has 11 heteroatoms. The molecule has 3 rings (SSSR count). The van der Waals surface area contributed by atoms with E-state index in [9.17, 15) is 14.7 Å². The Bertz CT molecular complexity index is 1100. The largest absolute Gasteiger partial charge is 0.493 e. The predicted octanol–water partition coefficient (Wildman–Crippen LogP) is 3.76. The summed E-state index contributed by atoms with van der Waals surface area (Å²) in [7, 11) is 0. The van der Waals surface area contributed by atoms with E-state index in [0.717, 1.165) is 0 Å². The second-order valence-corrected chi connectivity index (χ2v) is 10.7. The smallest absolute Gasteiger partial charge is 0.410 e. The number of piperazine rings is 1. The van der Waals surface area contributed by atoms with Crippen molar-refractivity contribution in [2.75, 3.05) is 26.2 Å². The van der Waals surface area contributed by atoms with Crippen LogP contribution in [0.1, 0.15) is 34.6 Å². The predicted molar refractivity (Wildman–Crippen MR) is 130 cm³/mol. The number of aromatic hydroxyl groups is 1. The van der Waals surface area contributed by atoms with Gasteiger partial charge in [0.05, 0.1) is 16.6 Å². The van der Waals surface area contributed by atoms with E-state index in [1.807, 2.05) is 34.6 Å². The van der Waals surface area contributed by atoms with Crippen LogP contribution in [0, 0.1) is 5.92 Å². The topological polar surface area (TPSA) is 106 Å². The minimum absolute atomic E-state index is 0.174. The molecule has 33 heavy (non-hydrogen) atoms. The van der Waals surface area contributed by atoms with Gasteiger partial charge in [0, 0.05) is 30.7 Å². The Labute approximate surface area is 206 Å². The quantitative estimate of drug-likeness (QED) is 0.589. The lowest BCUT2D eigenvalue weighted by atomic mass is 10.1. The summed E-state index contributed by atoms with van der Waals surface area (Å²) in [4.78, 5) is 30.3. The summed E-state index contributed by atoms with van der Waals surface area (Å²) < 4.78 is 13.6. The molecule has 182 valence electrons. The fourth-order valence-corrected chi connectivity index (χ4v) is 4.22. The van der Waals surface area contributed by atoms with Gasteiger partial charge in [0.2, 0.25) is 5.88 Å². The van der Waals surface area contributed by atoms with Crippen LogP contribution in [0.2, 0.25) is 5.02 Å². The monoisotopic (exact) mass is 544 g/mol. The maximum atomic E-state index is 12.4. The molecular weight excluding hydrogens is 516 g/mol. The molecule has 1 saturated heterocycles. The maximum absolute atomic E-state index is 12.4. The van der Waals surface area contributed by atoms with Gasteiger partial charge < -0.3 is 24.8 Å². The molecule has 0 aliphatic carbocycles. The third-order valence-electron chi connectivity index (χ3n) is 4.99. The molecular formula is C22H30BrClN4O5. The van der Waals surface area contributed by atoms with Crippen LogP contribution < -0.4 is 15.7 Å². The number of rotatable bonds is 5. The van der Waals surface area contributed by atoms with Crippen LogP contribution in [0.15, 0.2) is 15.3 Å². The van der Waals surface area contributed by atoms with Crippen molar-refractivity contribution in [3.05, 3.63) is 26.0 Å². The van der Waals surface area contributed by atoms with Crippen LogP contribution in [0.5, 0.6) is 11.6 Å². The highest BCUT2D eigenvalue weighted by Gasteiger charge is 2.28. The maximum Gasteiger partial charge on any atom is 0.410 e. The summed E-state index contributed by atoms with van der Waals surface area (Å²) in [5, 5.41) is 14.3. The van der Waals surface area contributed by atoms with Crippen LogP contribution in [0.4, 0.5) is 4.79 Å². The lowest BCUT2D eigenvalue weighted by Crippen LogP contribution is -2.55. The van der Waals surface area contributed by atoms with Crippen molar-refractivity contribution in [2.24, 2.45) is 5.92 Å². The number of halogens is 2. The number of fused-ring (bicyclic) bond motifs is 1. The second-order valence-electron chi connectivity index (χ2n) is 9.51. The van der Waals surface area contributed by atoms with Crippen molar-refractivity contribution in [1.82, 2.24) is 19.8 Å². The van der Waals surface area contributed by atoms with E-state index in [-0.39, 0.29) is 40.8 Å². The number of ether oxygens (including phenoxy) is 2. The summed E-state index contributed by atoms with van der Waals surface area (Å²) in [5.74, 6) is -0.0347. The van der Waals surface area contributed by atoms with E-state index in [0.29, 0.717) is 36.2 Å². The number of aromatic nitrogens is 2. The fourth-order valence-electron chi connectivity index (χ4n) is 3.62. The number of nitrogens with zero attached hydrogens (tertiary/aromatic N) is 3. The Kier molecular flexibility index (Phi) is 7.80. The lowest BCUT2D eigenvalue weighted by molar-refractivity contribution is 0.0178. The molecule has 0 unspecified atom stereocenters. The van der Waals surface area contributed by atoms with E-state index in [4.69, 9.17) is 21.1 Å². The highest BCUT2D eigenvalue weighted by atomic mass is 79.9. The summed E-state index contributed by atoms with van der Waals surface area (Å²) in [6.07, 6.45) is -0.375. The molecule has 2 N–H and O–H groups in total. The number of amides is 1. The minimum Gasteiger partial charge on any atom is -0.493 e. The molecule has 0 bridgehead atoms. The molecule has 0 saturated carbocycles. The molecule has 1 atom stereocenters. The van der Waals surface area contributed by atoms with Gasteiger partial charge in [-0.1, -0.05) is 25.4 Å². The molecule has 1 fully saturated rings. The Morgan fingerprint density at radius 1 is 1.42 bits per heavy atom. The molecule has 1 amide bonds. The van der Waals surface area contributed by atoms with Gasteiger partial charge in [0.15, 0.2) is 5.75 Å². The first-order valence-corrected chi connectivity index (χ1v) is 12.0. The van der Waals surface area contributed by atoms with Gasteiger partial charge in [0.1, 0.15) is 17.6 Å². The number of nitrogens with one attached hydrogen (secondary N) is 1. The van der Waals surface area contributed by atoms with Gasteiger partial charge in [-0.2, -0.15) is 4.98 Å². The Hall–Kier alpha value is -2.04. The van der Waals surface area contributed by atoms with E-state index >= 15 is 0 Å². The average Bonchev–Trinajstić information content (AvgIpc) is 2.70. The van der Waals surface area contributed by atoms with Crippen LogP contribution in [-0.4, -0.2) is 63.5 Å². The van der Waals surface area contributed by atoms with Gasteiger partial charge >= 0.3 is 11.8 Å². The Morgan fingerprint density at radius 3 is 2.76 bits per heavy atom. The highest BCUT2D eigenvalue weighted by Crippen LogP contribution is 2.42. The number of hydrogen-bond acceptors (Lipinski definition) is 7. The first kappa shape index (κ1) is 25.6. The molecule has 9 nitrogen and oxygen atoms in total. The zero-order valence-electron chi connectivity index (χ0n) is 19.4. The molecule has 1 aliphatic rings.